The Morgan fingerprint density at radius 3 is 2.86 bits per heavy atom. The fourth-order valence-corrected chi connectivity index (χ4v) is 2.48. The van der Waals surface area contributed by atoms with Crippen LogP contribution in [0, 0.1) is 0 Å². The SMILES string of the molecule is COc1ccc(Br)cc1SC(C)CO. The molecule has 0 aliphatic rings. The Morgan fingerprint density at radius 1 is 1.57 bits per heavy atom. The lowest BCUT2D eigenvalue weighted by Crippen LogP contribution is -2.02. The summed E-state index contributed by atoms with van der Waals surface area (Å²) in [5, 5.41) is 9.13. The van der Waals surface area contributed by atoms with Gasteiger partial charge >= 0.3 is 0 Å². The molecule has 0 amide bonds. The van der Waals surface area contributed by atoms with Crippen LogP contribution in [-0.4, -0.2) is 24.1 Å². The number of aliphatic hydroxyl groups excluding tert-OH is 1. The summed E-state index contributed by atoms with van der Waals surface area (Å²) in [7, 11) is 1.65. The minimum absolute atomic E-state index is 0.167. The number of thioether (sulfide) groups is 1. The lowest BCUT2D eigenvalue weighted by atomic mass is 10.3. The molecule has 0 aromatic heterocycles. The lowest BCUT2D eigenvalue weighted by molar-refractivity contribution is 0.300. The molecule has 1 unspecified atom stereocenters. The molecule has 1 aromatic carbocycles. The Bertz CT molecular complexity index is 304. The molecule has 0 saturated heterocycles. The van der Waals surface area contributed by atoms with Crippen molar-refractivity contribution in [1.82, 2.24) is 0 Å². The highest BCUT2D eigenvalue weighted by atomic mass is 79.9. The number of rotatable bonds is 4. The first kappa shape index (κ1) is 11.9. The number of methoxy groups -OCH3 is 1. The van der Waals surface area contributed by atoms with Crippen molar-refractivity contribution in [3.63, 3.8) is 0 Å². The molecule has 1 aromatic rings. The van der Waals surface area contributed by atoms with Crippen LogP contribution >= 0.6 is 27.7 Å². The number of hydrogen-bond acceptors (Lipinski definition) is 3. The van der Waals surface area contributed by atoms with Gasteiger partial charge in [-0.15, -0.1) is 11.8 Å². The van der Waals surface area contributed by atoms with Gasteiger partial charge < -0.3 is 9.84 Å². The molecule has 0 bridgehead atoms. The van der Waals surface area contributed by atoms with E-state index in [1.807, 2.05) is 25.1 Å². The molecular weight excluding hydrogens is 264 g/mol. The summed E-state index contributed by atoms with van der Waals surface area (Å²) >= 11 is 5.01. The monoisotopic (exact) mass is 276 g/mol. The van der Waals surface area contributed by atoms with Gasteiger partial charge in [0.25, 0.3) is 0 Å². The topological polar surface area (TPSA) is 29.5 Å². The molecule has 4 heteroatoms. The summed E-state index contributed by atoms with van der Waals surface area (Å²) in [4.78, 5) is 1.04. The molecule has 1 N–H and O–H groups in total. The van der Waals surface area contributed by atoms with E-state index in [-0.39, 0.29) is 11.9 Å². The van der Waals surface area contributed by atoms with E-state index < -0.39 is 0 Å². The molecule has 0 spiro atoms. The van der Waals surface area contributed by atoms with E-state index in [1.165, 1.54) is 0 Å². The number of halogens is 1. The van der Waals surface area contributed by atoms with E-state index in [2.05, 4.69) is 15.9 Å². The largest absolute Gasteiger partial charge is 0.496 e. The fourth-order valence-electron chi connectivity index (χ4n) is 0.997. The third kappa shape index (κ3) is 3.19. The van der Waals surface area contributed by atoms with Crippen LogP contribution in [0.2, 0.25) is 0 Å². The van der Waals surface area contributed by atoms with Gasteiger partial charge in [-0.1, -0.05) is 22.9 Å². The van der Waals surface area contributed by atoms with Gasteiger partial charge in [0.15, 0.2) is 0 Å². The van der Waals surface area contributed by atoms with E-state index in [9.17, 15) is 0 Å². The van der Waals surface area contributed by atoms with Crippen LogP contribution in [-0.2, 0) is 0 Å². The molecule has 0 aliphatic carbocycles. The first-order chi connectivity index (χ1) is 6.67. The second kappa shape index (κ2) is 5.63. The number of ether oxygens (including phenoxy) is 1. The second-order valence-electron chi connectivity index (χ2n) is 2.91. The summed E-state index contributed by atoms with van der Waals surface area (Å²) in [6.07, 6.45) is 0. The molecule has 0 heterocycles. The Labute approximate surface area is 96.8 Å². The van der Waals surface area contributed by atoms with Crippen molar-refractivity contribution < 1.29 is 9.84 Å². The predicted octanol–water partition coefficient (Wildman–Crippen LogP) is 2.93. The number of benzene rings is 1. The Hall–Kier alpha value is -0.190. The molecule has 0 aliphatic heterocycles. The van der Waals surface area contributed by atoms with Crippen LogP contribution in [0.3, 0.4) is 0 Å². The number of aliphatic hydroxyl groups is 1. The van der Waals surface area contributed by atoms with Gasteiger partial charge in [0, 0.05) is 9.72 Å². The van der Waals surface area contributed by atoms with Gasteiger partial charge in [-0.25, -0.2) is 0 Å². The van der Waals surface area contributed by atoms with Crippen molar-refractivity contribution in [1.29, 1.82) is 0 Å². The zero-order valence-corrected chi connectivity index (χ0v) is 10.6. The van der Waals surface area contributed by atoms with Crippen LogP contribution in [0.1, 0.15) is 6.92 Å². The lowest BCUT2D eigenvalue weighted by Gasteiger charge is -2.11. The minimum Gasteiger partial charge on any atom is -0.496 e. The van der Waals surface area contributed by atoms with Crippen LogP contribution in [0.25, 0.3) is 0 Å². The quantitative estimate of drug-likeness (QED) is 0.858. The minimum atomic E-state index is 0.167. The molecule has 0 radical (unpaired) electrons. The predicted molar refractivity (Wildman–Crippen MR) is 63.1 cm³/mol. The van der Waals surface area contributed by atoms with Gasteiger partial charge in [-0.05, 0) is 18.2 Å². The van der Waals surface area contributed by atoms with Crippen LogP contribution in [0.15, 0.2) is 27.6 Å². The fraction of sp³-hybridized carbons (Fsp3) is 0.400. The Morgan fingerprint density at radius 2 is 2.29 bits per heavy atom. The smallest absolute Gasteiger partial charge is 0.132 e. The van der Waals surface area contributed by atoms with Crippen molar-refractivity contribution in [3.05, 3.63) is 22.7 Å². The molecule has 0 saturated carbocycles. The van der Waals surface area contributed by atoms with Crippen LogP contribution < -0.4 is 4.74 Å². The van der Waals surface area contributed by atoms with Crippen molar-refractivity contribution in [2.45, 2.75) is 17.1 Å². The summed E-state index contributed by atoms with van der Waals surface area (Å²) in [5.41, 5.74) is 0. The molecule has 1 atom stereocenters. The van der Waals surface area contributed by atoms with Gasteiger partial charge in [-0.2, -0.15) is 0 Å². The molecule has 2 nitrogen and oxygen atoms in total. The van der Waals surface area contributed by atoms with Gasteiger partial charge in [0.05, 0.1) is 18.6 Å². The van der Waals surface area contributed by atoms with E-state index in [4.69, 9.17) is 9.84 Å². The number of hydrogen-bond donors (Lipinski definition) is 1. The summed E-state index contributed by atoms with van der Waals surface area (Å²) < 4.78 is 6.24. The van der Waals surface area contributed by atoms with Crippen LogP contribution in [0.4, 0.5) is 0 Å². The standard InChI is InChI=1S/C10H13BrO2S/c1-7(6-12)14-10-5-8(11)3-4-9(10)13-2/h3-5,7,12H,6H2,1-2H3. The maximum absolute atomic E-state index is 8.96. The third-order valence-corrected chi connectivity index (χ3v) is 3.33. The van der Waals surface area contributed by atoms with Crippen molar-refractivity contribution >= 4 is 27.7 Å². The molecule has 14 heavy (non-hydrogen) atoms. The molecule has 78 valence electrons. The highest BCUT2D eigenvalue weighted by molar-refractivity contribution is 9.10. The van der Waals surface area contributed by atoms with Gasteiger partial charge in [0.1, 0.15) is 5.75 Å². The van der Waals surface area contributed by atoms with E-state index in [1.54, 1.807) is 18.9 Å². The average molecular weight is 277 g/mol. The van der Waals surface area contributed by atoms with Crippen molar-refractivity contribution in [2.75, 3.05) is 13.7 Å². The summed E-state index contributed by atoms with van der Waals surface area (Å²) in [5.74, 6) is 0.846. The normalized spacial score (nSPS) is 12.6. The maximum atomic E-state index is 8.96. The Balaban J connectivity index is 2.87. The summed E-state index contributed by atoms with van der Waals surface area (Å²) in [6, 6.07) is 5.85. The zero-order chi connectivity index (χ0) is 10.6. The highest BCUT2D eigenvalue weighted by Crippen LogP contribution is 2.34. The van der Waals surface area contributed by atoms with Gasteiger partial charge in [0.2, 0.25) is 0 Å². The first-order valence-corrected chi connectivity index (χ1v) is 5.95. The average Bonchev–Trinajstić information content (AvgIpc) is 2.18. The maximum Gasteiger partial charge on any atom is 0.132 e. The third-order valence-electron chi connectivity index (χ3n) is 1.71. The van der Waals surface area contributed by atoms with E-state index in [0.29, 0.717) is 0 Å². The van der Waals surface area contributed by atoms with Crippen molar-refractivity contribution in [2.24, 2.45) is 0 Å². The first-order valence-electron chi connectivity index (χ1n) is 4.28. The Kier molecular flexibility index (Phi) is 4.78. The van der Waals surface area contributed by atoms with Crippen LogP contribution in [0.5, 0.6) is 5.75 Å². The van der Waals surface area contributed by atoms with E-state index >= 15 is 0 Å². The van der Waals surface area contributed by atoms with E-state index in [0.717, 1.165) is 15.1 Å². The molecule has 1 rings (SSSR count). The highest BCUT2D eigenvalue weighted by Gasteiger charge is 2.08. The zero-order valence-electron chi connectivity index (χ0n) is 8.16. The summed E-state index contributed by atoms with van der Waals surface area (Å²) in [6.45, 7) is 2.14. The van der Waals surface area contributed by atoms with Crippen molar-refractivity contribution in [3.8, 4) is 5.75 Å². The molecular formula is C10H13BrO2S. The second-order valence-corrected chi connectivity index (χ2v) is 5.30. The van der Waals surface area contributed by atoms with Gasteiger partial charge in [-0.3, -0.25) is 0 Å². The molecule has 0 fully saturated rings.